The van der Waals surface area contributed by atoms with Crippen LogP contribution >= 0.6 is 0 Å². The average molecular weight is 216 g/mol. The molecule has 88 valence electrons. The number of carboxylic acids is 1. The Labute approximate surface area is 90.0 Å². The molecule has 0 spiro atoms. The standard InChI is InChI=1S/C10H20N2O3/c1-6(2)4-7(3)12-10(15)8(11)5-9(13)14/h6-8H,4-5,11H2,1-3H3,(H,12,15)(H,13,14). The number of amides is 1. The van der Waals surface area contributed by atoms with Crippen molar-refractivity contribution >= 4 is 11.9 Å². The predicted octanol–water partition coefficient (Wildman–Crippen LogP) is 0.339. The number of carbonyl (C=O) groups is 2. The van der Waals surface area contributed by atoms with E-state index in [-0.39, 0.29) is 12.5 Å². The van der Waals surface area contributed by atoms with Gasteiger partial charge in [0.15, 0.2) is 0 Å². The molecule has 0 saturated heterocycles. The van der Waals surface area contributed by atoms with Crippen molar-refractivity contribution in [3.05, 3.63) is 0 Å². The molecule has 1 amide bonds. The minimum absolute atomic E-state index is 0.0253. The van der Waals surface area contributed by atoms with Crippen LogP contribution in [0.1, 0.15) is 33.6 Å². The third-order valence-electron chi connectivity index (χ3n) is 1.94. The second-order valence-electron chi connectivity index (χ2n) is 4.24. The van der Waals surface area contributed by atoms with Gasteiger partial charge in [-0.25, -0.2) is 0 Å². The minimum Gasteiger partial charge on any atom is -0.481 e. The first-order chi connectivity index (χ1) is 6.82. The Balaban J connectivity index is 3.95. The van der Waals surface area contributed by atoms with E-state index in [9.17, 15) is 9.59 Å². The Morgan fingerprint density at radius 2 is 1.87 bits per heavy atom. The largest absolute Gasteiger partial charge is 0.481 e. The molecular formula is C10H20N2O3. The third-order valence-corrected chi connectivity index (χ3v) is 1.94. The average Bonchev–Trinajstić information content (AvgIpc) is 2.00. The monoisotopic (exact) mass is 216 g/mol. The normalized spacial score (nSPS) is 14.7. The highest BCUT2D eigenvalue weighted by Gasteiger charge is 2.18. The van der Waals surface area contributed by atoms with Crippen LogP contribution in [-0.4, -0.2) is 29.1 Å². The van der Waals surface area contributed by atoms with Gasteiger partial charge >= 0.3 is 5.97 Å². The van der Waals surface area contributed by atoms with Gasteiger partial charge in [-0.1, -0.05) is 13.8 Å². The second-order valence-corrected chi connectivity index (χ2v) is 4.24. The van der Waals surface area contributed by atoms with Gasteiger partial charge in [0.05, 0.1) is 12.5 Å². The first kappa shape index (κ1) is 13.9. The molecule has 15 heavy (non-hydrogen) atoms. The number of hydrogen-bond donors (Lipinski definition) is 3. The molecule has 4 N–H and O–H groups in total. The number of carboxylic acid groups (broad SMARTS) is 1. The summed E-state index contributed by atoms with van der Waals surface area (Å²) in [7, 11) is 0. The van der Waals surface area contributed by atoms with Crippen molar-refractivity contribution in [1.29, 1.82) is 0 Å². The van der Waals surface area contributed by atoms with Crippen LogP contribution in [0.3, 0.4) is 0 Å². The fourth-order valence-electron chi connectivity index (χ4n) is 1.40. The number of rotatable bonds is 6. The molecule has 0 aromatic carbocycles. The molecule has 2 atom stereocenters. The smallest absolute Gasteiger partial charge is 0.305 e. The topological polar surface area (TPSA) is 92.4 Å². The number of carbonyl (C=O) groups excluding carboxylic acids is 1. The Kier molecular flexibility index (Phi) is 5.93. The molecule has 0 bridgehead atoms. The van der Waals surface area contributed by atoms with Crippen LogP contribution in [0.4, 0.5) is 0 Å². The summed E-state index contributed by atoms with van der Waals surface area (Å²) in [4.78, 5) is 21.7. The molecule has 0 radical (unpaired) electrons. The van der Waals surface area contributed by atoms with Crippen LogP contribution in [-0.2, 0) is 9.59 Å². The van der Waals surface area contributed by atoms with E-state index in [1.54, 1.807) is 0 Å². The summed E-state index contributed by atoms with van der Waals surface area (Å²) in [5.74, 6) is -0.976. The van der Waals surface area contributed by atoms with Crippen LogP contribution in [0, 0.1) is 5.92 Å². The van der Waals surface area contributed by atoms with Gasteiger partial charge in [-0.2, -0.15) is 0 Å². The van der Waals surface area contributed by atoms with Crippen LogP contribution in [0.2, 0.25) is 0 Å². The summed E-state index contributed by atoms with van der Waals surface area (Å²) < 4.78 is 0. The van der Waals surface area contributed by atoms with Crippen molar-refractivity contribution in [2.75, 3.05) is 0 Å². The summed E-state index contributed by atoms with van der Waals surface area (Å²) in [6.07, 6.45) is 0.520. The van der Waals surface area contributed by atoms with Gasteiger partial charge in [0.25, 0.3) is 0 Å². The van der Waals surface area contributed by atoms with E-state index in [1.165, 1.54) is 0 Å². The quantitative estimate of drug-likeness (QED) is 0.597. The molecule has 0 saturated carbocycles. The zero-order valence-electron chi connectivity index (χ0n) is 9.49. The van der Waals surface area contributed by atoms with Crippen molar-refractivity contribution in [1.82, 2.24) is 5.32 Å². The first-order valence-electron chi connectivity index (χ1n) is 5.10. The Bertz CT molecular complexity index is 229. The van der Waals surface area contributed by atoms with E-state index in [2.05, 4.69) is 19.2 Å². The van der Waals surface area contributed by atoms with Crippen LogP contribution in [0.15, 0.2) is 0 Å². The van der Waals surface area contributed by atoms with Crippen LogP contribution in [0.5, 0.6) is 0 Å². The van der Waals surface area contributed by atoms with Gasteiger partial charge in [0.1, 0.15) is 0 Å². The van der Waals surface area contributed by atoms with E-state index in [4.69, 9.17) is 10.8 Å². The fourth-order valence-corrected chi connectivity index (χ4v) is 1.40. The number of nitrogens with two attached hydrogens (primary N) is 1. The fraction of sp³-hybridized carbons (Fsp3) is 0.800. The highest BCUT2D eigenvalue weighted by molar-refractivity contribution is 5.86. The molecule has 0 fully saturated rings. The number of nitrogens with one attached hydrogen (secondary N) is 1. The maximum Gasteiger partial charge on any atom is 0.305 e. The molecule has 0 aromatic heterocycles. The van der Waals surface area contributed by atoms with Gasteiger partial charge in [-0.05, 0) is 19.3 Å². The van der Waals surface area contributed by atoms with Crippen molar-refractivity contribution in [3.63, 3.8) is 0 Å². The molecule has 2 unspecified atom stereocenters. The molecule has 5 heteroatoms. The lowest BCUT2D eigenvalue weighted by atomic mass is 10.0. The van der Waals surface area contributed by atoms with Crippen molar-refractivity contribution in [2.24, 2.45) is 11.7 Å². The number of aliphatic carboxylic acids is 1. The van der Waals surface area contributed by atoms with E-state index < -0.39 is 17.9 Å². The summed E-state index contributed by atoms with van der Waals surface area (Å²) in [6, 6.07) is -0.936. The molecule has 5 nitrogen and oxygen atoms in total. The van der Waals surface area contributed by atoms with Crippen LogP contribution < -0.4 is 11.1 Å². The molecule has 0 aliphatic rings. The Morgan fingerprint density at radius 3 is 2.27 bits per heavy atom. The molecular weight excluding hydrogens is 196 g/mol. The third kappa shape index (κ3) is 6.90. The van der Waals surface area contributed by atoms with Gasteiger partial charge in [-0.15, -0.1) is 0 Å². The summed E-state index contributed by atoms with van der Waals surface area (Å²) in [6.45, 7) is 5.99. The molecule has 0 rings (SSSR count). The van der Waals surface area contributed by atoms with Crippen molar-refractivity contribution in [3.8, 4) is 0 Å². The lowest BCUT2D eigenvalue weighted by molar-refractivity contribution is -0.139. The van der Waals surface area contributed by atoms with Crippen molar-refractivity contribution < 1.29 is 14.7 Å². The maximum atomic E-state index is 11.4. The lowest BCUT2D eigenvalue weighted by Gasteiger charge is -2.18. The molecule has 0 heterocycles. The van der Waals surface area contributed by atoms with E-state index in [0.717, 1.165) is 6.42 Å². The Morgan fingerprint density at radius 1 is 1.33 bits per heavy atom. The molecule has 0 aliphatic carbocycles. The molecule has 0 aliphatic heterocycles. The van der Waals surface area contributed by atoms with Gasteiger partial charge in [-0.3, -0.25) is 9.59 Å². The zero-order chi connectivity index (χ0) is 12.0. The first-order valence-corrected chi connectivity index (χ1v) is 5.10. The van der Waals surface area contributed by atoms with Crippen LogP contribution in [0.25, 0.3) is 0 Å². The summed E-state index contributed by atoms with van der Waals surface area (Å²) in [5.41, 5.74) is 5.40. The lowest BCUT2D eigenvalue weighted by Crippen LogP contribution is -2.45. The second kappa shape index (κ2) is 6.40. The highest BCUT2D eigenvalue weighted by Crippen LogP contribution is 2.04. The summed E-state index contributed by atoms with van der Waals surface area (Å²) in [5, 5.41) is 11.1. The molecule has 0 aromatic rings. The maximum absolute atomic E-state index is 11.4. The van der Waals surface area contributed by atoms with Crippen molar-refractivity contribution in [2.45, 2.75) is 45.7 Å². The van der Waals surface area contributed by atoms with E-state index in [1.807, 2.05) is 6.92 Å². The van der Waals surface area contributed by atoms with Gasteiger partial charge in [0.2, 0.25) is 5.91 Å². The summed E-state index contributed by atoms with van der Waals surface area (Å²) >= 11 is 0. The van der Waals surface area contributed by atoms with Gasteiger partial charge in [0, 0.05) is 6.04 Å². The Hall–Kier alpha value is -1.10. The van der Waals surface area contributed by atoms with E-state index >= 15 is 0 Å². The highest BCUT2D eigenvalue weighted by atomic mass is 16.4. The minimum atomic E-state index is -1.06. The SMILES string of the molecule is CC(C)CC(C)NC(=O)C(N)CC(=O)O. The number of hydrogen-bond acceptors (Lipinski definition) is 3. The zero-order valence-corrected chi connectivity index (χ0v) is 9.49. The predicted molar refractivity (Wildman–Crippen MR) is 57.3 cm³/mol. The van der Waals surface area contributed by atoms with Gasteiger partial charge < -0.3 is 16.2 Å². The van der Waals surface area contributed by atoms with E-state index in [0.29, 0.717) is 5.92 Å².